The van der Waals surface area contributed by atoms with E-state index in [0.29, 0.717) is 12.8 Å². The number of allylic oxidation sites excluding steroid dienone is 2. The molecule has 1 unspecified atom stereocenters. The number of hydrogen-bond donors (Lipinski definition) is 1. The van der Waals surface area contributed by atoms with Gasteiger partial charge in [0.15, 0.2) is 6.10 Å². The van der Waals surface area contributed by atoms with Crippen LogP contribution in [0.4, 0.5) is 0 Å². The van der Waals surface area contributed by atoms with Crippen molar-refractivity contribution in [2.24, 2.45) is 0 Å². The Hall–Kier alpha value is -2.85. The van der Waals surface area contributed by atoms with E-state index in [-0.39, 0.29) is 37.1 Å². The first-order valence-electron chi connectivity index (χ1n) is 24.3. The van der Waals surface area contributed by atoms with Gasteiger partial charge in [0.1, 0.15) is 6.61 Å². The fraction of sp³-hybridized carbons (Fsp3) is 0.755. The number of fused-ring (bicyclic) bond motifs is 1. The second kappa shape index (κ2) is 35.6. The van der Waals surface area contributed by atoms with Gasteiger partial charge in [0.05, 0.1) is 30.9 Å². The lowest BCUT2D eigenvalue weighted by Crippen LogP contribution is -2.33. The number of phosphoric acid groups is 1. The average molecular weight is 876 g/mol. The quantitative estimate of drug-likeness (QED) is 0.0222. The van der Waals surface area contributed by atoms with Crippen LogP contribution in [0.1, 0.15) is 227 Å². The van der Waals surface area contributed by atoms with Crippen LogP contribution in [-0.4, -0.2) is 66.0 Å². The van der Waals surface area contributed by atoms with Crippen LogP contribution in [0, 0.1) is 0 Å². The van der Waals surface area contributed by atoms with Crippen LogP contribution in [0.15, 0.2) is 36.4 Å². The van der Waals surface area contributed by atoms with Crippen molar-refractivity contribution in [2.75, 3.05) is 26.4 Å². The highest BCUT2D eigenvalue weighted by Gasteiger charge is 2.35. The van der Waals surface area contributed by atoms with Crippen LogP contribution >= 0.6 is 7.82 Å². The Morgan fingerprint density at radius 3 is 1.46 bits per heavy atom. The molecule has 11 nitrogen and oxygen atoms in total. The van der Waals surface area contributed by atoms with Crippen molar-refractivity contribution in [3.8, 4) is 0 Å². The van der Waals surface area contributed by atoms with Crippen molar-refractivity contribution < 1.29 is 47.2 Å². The second-order valence-electron chi connectivity index (χ2n) is 16.7. The molecule has 0 fully saturated rings. The van der Waals surface area contributed by atoms with Crippen molar-refractivity contribution in [1.29, 1.82) is 0 Å². The number of ether oxygens (including phenoxy) is 2. The van der Waals surface area contributed by atoms with Gasteiger partial charge in [0.2, 0.25) is 0 Å². The van der Waals surface area contributed by atoms with Gasteiger partial charge >= 0.3 is 19.8 Å². The minimum Gasteiger partial charge on any atom is -0.462 e. The number of benzene rings is 1. The Balaban J connectivity index is 1.68. The molecule has 0 saturated heterocycles. The topological polar surface area (TPSA) is 146 Å². The third-order valence-electron chi connectivity index (χ3n) is 11.2. The standard InChI is InChI=1S/C49H82NO10P/c1-3-5-7-9-11-13-15-17-19-21-23-25-27-29-31-37-46(51)57-41-43(60-47(52)38-32-30-28-26-24-22-20-18-16-14-12-10-8-6-4-2)42-59-61(55,56)58-40-39-50-48(53)44-35-33-34-36-45(44)49(50)54/h17,19,33-36,43H,3-16,18,20-32,37-42H2,1-2H3,(H,55,56)/b19-17-/t43-/m1/s1. The number of carbonyl (C=O) groups excluding carboxylic acids is 4. The number of unbranched alkanes of at least 4 members (excludes halogenated alkanes) is 25. The van der Waals surface area contributed by atoms with E-state index in [1.165, 1.54) is 109 Å². The number of esters is 2. The predicted octanol–water partition coefficient (Wildman–Crippen LogP) is 13.2. The van der Waals surface area contributed by atoms with Gasteiger partial charge in [-0.15, -0.1) is 0 Å². The minimum absolute atomic E-state index is 0.172. The van der Waals surface area contributed by atoms with Gasteiger partial charge in [-0.2, -0.15) is 0 Å². The molecule has 1 aromatic carbocycles. The number of nitrogens with zero attached hydrogens (tertiary/aromatic N) is 1. The summed E-state index contributed by atoms with van der Waals surface area (Å²) in [7, 11) is -4.69. The van der Waals surface area contributed by atoms with E-state index >= 15 is 0 Å². The maximum absolute atomic E-state index is 12.8. The number of hydrogen-bond acceptors (Lipinski definition) is 9. The highest BCUT2D eigenvalue weighted by atomic mass is 31.2. The molecule has 1 aliphatic rings. The molecule has 2 amide bonds. The Kier molecular flexibility index (Phi) is 31.7. The van der Waals surface area contributed by atoms with E-state index in [2.05, 4.69) is 26.0 Å². The van der Waals surface area contributed by atoms with Crippen LogP contribution in [0.5, 0.6) is 0 Å². The fourth-order valence-electron chi connectivity index (χ4n) is 7.50. The third-order valence-corrected chi connectivity index (χ3v) is 12.2. The molecule has 1 aliphatic heterocycles. The van der Waals surface area contributed by atoms with Crippen LogP contribution in [0.2, 0.25) is 0 Å². The van der Waals surface area contributed by atoms with Gasteiger partial charge in [0, 0.05) is 12.8 Å². The maximum atomic E-state index is 12.8. The SMILES string of the molecule is CCCCCCCC/C=C\CCCCCCCC(=O)OC[C@H](COP(=O)(O)OCCN1C(=O)c2ccccc2C1=O)OC(=O)CCCCCCCCCCCCCCCCC. The Morgan fingerprint density at radius 1 is 0.590 bits per heavy atom. The van der Waals surface area contributed by atoms with Gasteiger partial charge in [-0.05, 0) is 50.7 Å². The van der Waals surface area contributed by atoms with Crippen molar-refractivity contribution in [2.45, 2.75) is 213 Å². The van der Waals surface area contributed by atoms with E-state index in [1.807, 2.05) is 0 Å². The predicted molar refractivity (Wildman–Crippen MR) is 243 cm³/mol. The zero-order valence-corrected chi connectivity index (χ0v) is 39.0. The van der Waals surface area contributed by atoms with Gasteiger partial charge < -0.3 is 14.4 Å². The minimum atomic E-state index is -4.69. The molecule has 0 radical (unpaired) electrons. The van der Waals surface area contributed by atoms with E-state index in [0.717, 1.165) is 62.7 Å². The first-order chi connectivity index (χ1) is 29.7. The highest BCUT2D eigenvalue weighted by molar-refractivity contribution is 7.47. The molecule has 2 atom stereocenters. The van der Waals surface area contributed by atoms with E-state index in [1.54, 1.807) is 24.3 Å². The average Bonchev–Trinajstić information content (AvgIpc) is 3.49. The van der Waals surface area contributed by atoms with Gasteiger partial charge in [0.25, 0.3) is 11.8 Å². The summed E-state index contributed by atoms with van der Waals surface area (Å²) >= 11 is 0. The molecule has 1 N–H and O–H groups in total. The molecule has 0 aliphatic carbocycles. The molecule has 0 spiro atoms. The molecule has 0 bridgehead atoms. The number of phosphoric ester groups is 1. The Labute approximate surface area is 369 Å². The number of amides is 2. The van der Waals surface area contributed by atoms with E-state index in [9.17, 15) is 28.6 Å². The summed E-state index contributed by atoms with van der Waals surface area (Å²) in [4.78, 5) is 62.0. The van der Waals surface area contributed by atoms with Gasteiger partial charge in [-0.25, -0.2) is 4.57 Å². The molecular weight excluding hydrogens is 794 g/mol. The van der Waals surface area contributed by atoms with Gasteiger partial charge in [-0.3, -0.25) is 33.1 Å². The molecule has 61 heavy (non-hydrogen) atoms. The van der Waals surface area contributed by atoms with Crippen molar-refractivity contribution >= 4 is 31.6 Å². The first-order valence-corrected chi connectivity index (χ1v) is 25.7. The first kappa shape index (κ1) is 54.3. The summed E-state index contributed by atoms with van der Waals surface area (Å²) in [6.45, 7) is 2.90. The largest absolute Gasteiger partial charge is 0.472 e. The van der Waals surface area contributed by atoms with Crippen LogP contribution in [0.25, 0.3) is 0 Å². The van der Waals surface area contributed by atoms with Crippen LogP contribution in [-0.2, 0) is 32.7 Å². The van der Waals surface area contributed by atoms with Crippen molar-refractivity contribution in [1.82, 2.24) is 4.90 Å². The number of carbonyl (C=O) groups is 4. The molecule has 0 aromatic heterocycles. The molecule has 1 aromatic rings. The number of rotatable bonds is 41. The lowest BCUT2D eigenvalue weighted by atomic mass is 10.0. The summed E-state index contributed by atoms with van der Waals surface area (Å²) in [5, 5.41) is 0. The lowest BCUT2D eigenvalue weighted by molar-refractivity contribution is -0.161. The highest BCUT2D eigenvalue weighted by Crippen LogP contribution is 2.43. The van der Waals surface area contributed by atoms with Crippen LogP contribution < -0.4 is 0 Å². The molecule has 0 saturated carbocycles. The summed E-state index contributed by atoms with van der Waals surface area (Å²) < 4.78 is 34.0. The maximum Gasteiger partial charge on any atom is 0.472 e. The zero-order valence-electron chi connectivity index (χ0n) is 38.1. The molecule has 12 heteroatoms. The third kappa shape index (κ3) is 27.1. The monoisotopic (exact) mass is 876 g/mol. The Morgan fingerprint density at radius 2 is 1.00 bits per heavy atom. The normalized spacial score (nSPS) is 14.1. The van der Waals surface area contributed by atoms with Crippen LogP contribution in [0.3, 0.4) is 0 Å². The molecule has 2 rings (SSSR count). The zero-order chi connectivity index (χ0) is 44.2. The van der Waals surface area contributed by atoms with Gasteiger partial charge in [-0.1, -0.05) is 179 Å². The smallest absolute Gasteiger partial charge is 0.462 e. The lowest BCUT2D eigenvalue weighted by Gasteiger charge is -2.20. The summed E-state index contributed by atoms with van der Waals surface area (Å²) in [5.41, 5.74) is 0.522. The summed E-state index contributed by atoms with van der Waals surface area (Å²) in [6, 6.07) is 6.40. The van der Waals surface area contributed by atoms with E-state index < -0.39 is 50.9 Å². The van der Waals surface area contributed by atoms with Crippen molar-refractivity contribution in [3.63, 3.8) is 0 Å². The molecular formula is C49H82NO10P. The van der Waals surface area contributed by atoms with Crippen molar-refractivity contribution in [3.05, 3.63) is 47.5 Å². The van der Waals surface area contributed by atoms with E-state index in [4.69, 9.17) is 18.5 Å². The summed E-state index contributed by atoms with van der Waals surface area (Å²) in [6.07, 6.45) is 37.0. The Bertz CT molecular complexity index is 1380. The number of imide groups is 1. The summed E-state index contributed by atoms with van der Waals surface area (Å²) in [5.74, 6) is -1.97. The fourth-order valence-corrected chi connectivity index (χ4v) is 8.25. The molecule has 348 valence electrons. The molecule has 1 heterocycles. The second-order valence-corrected chi connectivity index (χ2v) is 18.2.